The van der Waals surface area contributed by atoms with E-state index in [0.717, 1.165) is 13.1 Å². The molecule has 7 nitrogen and oxygen atoms in total. The van der Waals surface area contributed by atoms with E-state index in [4.69, 9.17) is 4.74 Å². The molecule has 19 heavy (non-hydrogen) atoms. The van der Waals surface area contributed by atoms with Gasteiger partial charge < -0.3 is 10.1 Å². The van der Waals surface area contributed by atoms with E-state index in [1.165, 1.54) is 13.3 Å². The number of hydrogen-bond donors (Lipinski definition) is 1. The predicted molar refractivity (Wildman–Crippen MR) is 66.2 cm³/mol. The van der Waals surface area contributed by atoms with Gasteiger partial charge in [-0.3, -0.25) is 9.78 Å². The lowest BCUT2D eigenvalue weighted by Crippen LogP contribution is -2.43. The summed E-state index contributed by atoms with van der Waals surface area (Å²) in [5.41, 5.74) is 0.764. The van der Waals surface area contributed by atoms with Crippen molar-refractivity contribution in [2.75, 3.05) is 20.2 Å². The molecule has 0 aliphatic carbocycles. The van der Waals surface area contributed by atoms with E-state index in [1.54, 1.807) is 23.1 Å². The highest BCUT2D eigenvalue weighted by Gasteiger charge is 2.22. The minimum Gasteiger partial charge on any atom is -0.495 e. The zero-order chi connectivity index (χ0) is 13.2. The van der Waals surface area contributed by atoms with Gasteiger partial charge in [0.25, 0.3) is 0 Å². The normalized spacial score (nSPS) is 15.0. The molecule has 1 aliphatic heterocycles. The topological polar surface area (TPSA) is 81.9 Å². The predicted octanol–water partition coefficient (Wildman–Crippen LogP) is 0.0570. The summed E-state index contributed by atoms with van der Waals surface area (Å²) in [6.07, 6.45) is 4.72. The van der Waals surface area contributed by atoms with Crippen LogP contribution in [0.1, 0.15) is 22.1 Å². The third-order valence-corrected chi connectivity index (χ3v) is 3.09. The fourth-order valence-electron chi connectivity index (χ4n) is 1.82. The number of hydrogen-bond acceptors (Lipinski definition) is 6. The fourth-order valence-corrected chi connectivity index (χ4v) is 1.82. The van der Waals surface area contributed by atoms with Gasteiger partial charge in [-0.05, 0) is 6.07 Å². The van der Waals surface area contributed by atoms with Gasteiger partial charge in [0, 0.05) is 24.8 Å². The van der Waals surface area contributed by atoms with Gasteiger partial charge in [-0.15, -0.1) is 5.10 Å². The summed E-state index contributed by atoms with van der Waals surface area (Å²) in [5, 5.41) is 11.0. The molecule has 3 rings (SSSR count). The van der Waals surface area contributed by atoms with E-state index in [9.17, 15) is 4.79 Å². The van der Waals surface area contributed by atoms with Gasteiger partial charge in [-0.2, -0.15) is 0 Å². The van der Waals surface area contributed by atoms with Gasteiger partial charge in [0.05, 0.1) is 25.5 Å². The Hall–Kier alpha value is -2.28. The number of rotatable bonds is 4. The first kappa shape index (κ1) is 11.8. The summed E-state index contributed by atoms with van der Waals surface area (Å²) >= 11 is 0. The van der Waals surface area contributed by atoms with Crippen LogP contribution < -0.4 is 10.1 Å². The lowest BCUT2D eigenvalue weighted by molar-refractivity contribution is 0.103. The molecule has 1 fully saturated rings. The lowest BCUT2D eigenvalue weighted by atomic mass is 10.1. The molecule has 1 N–H and O–H groups in total. The van der Waals surface area contributed by atoms with E-state index in [2.05, 4.69) is 20.6 Å². The molecular formula is C12H13N5O2. The number of nitrogens with zero attached hydrogens (tertiary/aromatic N) is 4. The molecule has 1 saturated heterocycles. The van der Waals surface area contributed by atoms with Crippen LogP contribution in [0.2, 0.25) is 0 Å². The number of pyridine rings is 1. The summed E-state index contributed by atoms with van der Waals surface area (Å²) in [6, 6.07) is 1.93. The highest BCUT2D eigenvalue weighted by Crippen LogP contribution is 2.15. The average molecular weight is 259 g/mol. The van der Waals surface area contributed by atoms with Crippen molar-refractivity contribution in [1.29, 1.82) is 0 Å². The smallest absolute Gasteiger partial charge is 0.216 e. The Bertz CT molecular complexity index is 606. The van der Waals surface area contributed by atoms with Crippen LogP contribution in [0.5, 0.6) is 5.75 Å². The van der Waals surface area contributed by atoms with Crippen LogP contribution in [0.3, 0.4) is 0 Å². The minimum absolute atomic E-state index is 0.204. The summed E-state index contributed by atoms with van der Waals surface area (Å²) < 4.78 is 6.77. The van der Waals surface area contributed by atoms with Crippen LogP contribution in [0.15, 0.2) is 24.7 Å². The first-order valence-corrected chi connectivity index (χ1v) is 5.94. The molecule has 0 amide bonds. The maximum absolute atomic E-state index is 12.2. The molecule has 0 spiro atoms. The van der Waals surface area contributed by atoms with Crippen molar-refractivity contribution >= 4 is 5.78 Å². The molecular weight excluding hydrogens is 246 g/mol. The first-order chi connectivity index (χ1) is 9.28. The van der Waals surface area contributed by atoms with Crippen LogP contribution in [-0.4, -0.2) is 46.0 Å². The molecule has 3 heterocycles. The molecule has 0 aromatic carbocycles. The monoisotopic (exact) mass is 259 g/mol. The van der Waals surface area contributed by atoms with E-state index >= 15 is 0 Å². The first-order valence-electron chi connectivity index (χ1n) is 5.94. The zero-order valence-corrected chi connectivity index (χ0v) is 10.4. The van der Waals surface area contributed by atoms with Crippen molar-refractivity contribution in [2.24, 2.45) is 0 Å². The van der Waals surface area contributed by atoms with Gasteiger partial charge in [0.15, 0.2) is 5.69 Å². The quantitative estimate of drug-likeness (QED) is 0.782. The standard InChI is InChI=1S/C12H13N5O2/c1-19-10-2-8(3-13-6-10)12(18)11-7-17(16-15-11)9-4-14-5-9/h2-3,6-7,9,14H,4-5H2,1H3. The van der Waals surface area contributed by atoms with E-state index in [1.807, 2.05) is 0 Å². The van der Waals surface area contributed by atoms with Gasteiger partial charge in [0.2, 0.25) is 5.78 Å². The number of ether oxygens (including phenoxy) is 1. The van der Waals surface area contributed by atoms with E-state index < -0.39 is 0 Å². The van der Waals surface area contributed by atoms with Crippen LogP contribution in [0.4, 0.5) is 0 Å². The molecule has 0 bridgehead atoms. The second-order valence-electron chi connectivity index (χ2n) is 4.34. The Morgan fingerprint density at radius 3 is 3.00 bits per heavy atom. The number of nitrogens with one attached hydrogen (secondary N) is 1. The molecule has 0 saturated carbocycles. The maximum atomic E-state index is 12.2. The number of methoxy groups -OCH3 is 1. The van der Waals surface area contributed by atoms with Crippen molar-refractivity contribution in [3.63, 3.8) is 0 Å². The van der Waals surface area contributed by atoms with E-state index in [0.29, 0.717) is 17.0 Å². The lowest BCUT2D eigenvalue weighted by Gasteiger charge is -2.26. The molecule has 0 radical (unpaired) electrons. The van der Waals surface area contributed by atoms with Crippen molar-refractivity contribution in [1.82, 2.24) is 25.3 Å². The average Bonchev–Trinajstić information content (AvgIpc) is 2.85. The molecule has 2 aromatic rings. The number of carbonyl (C=O) groups excluding carboxylic acids is 1. The van der Waals surface area contributed by atoms with Crippen molar-refractivity contribution in [3.8, 4) is 5.75 Å². The highest BCUT2D eigenvalue weighted by atomic mass is 16.5. The van der Waals surface area contributed by atoms with Gasteiger partial charge in [-0.25, -0.2) is 4.68 Å². The summed E-state index contributed by atoms with van der Waals surface area (Å²) in [7, 11) is 1.53. The van der Waals surface area contributed by atoms with Gasteiger partial charge in [-0.1, -0.05) is 5.21 Å². The van der Waals surface area contributed by atoms with Crippen LogP contribution >= 0.6 is 0 Å². The Balaban J connectivity index is 1.84. The number of ketones is 1. The van der Waals surface area contributed by atoms with E-state index in [-0.39, 0.29) is 11.8 Å². The molecule has 98 valence electrons. The summed E-state index contributed by atoms with van der Waals surface area (Å²) in [5.74, 6) is 0.339. The van der Waals surface area contributed by atoms with Crippen molar-refractivity contribution < 1.29 is 9.53 Å². The third kappa shape index (κ3) is 2.19. The Kier molecular flexibility index (Phi) is 2.96. The van der Waals surface area contributed by atoms with Crippen LogP contribution in [-0.2, 0) is 0 Å². The van der Waals surface area contributed by atoms with Crippen LogP contribution in [0, 0.1) is 0 Å². The van der Waals surface area contributed by atoms with Gasteiger partial charge >= 0.3 is 0 Å². The van der Waals surface area contributed by atoms with Gasteiger partial charge in [0.1, 0.15) is 5.75 Å². The SMILES string of the molecule is COc1cncc(C(=O)c2cn(C3CNC3)nn2)c1. The van der Waals surface area contributed by atoms with Crippen molar-refractivity contribution in [2.45, 2.75) is 6.04 Å². The Labute approximate surface area is 109 Å². The second-order valence-corrected chi connectivity index (χ2v) is 4.34. The van der Waals surface area contributed by atoms with Crippen LogP contribution in [0.25, 0.3) is 0 Å². The molecule has 7 heteroatoms. The zero-order valence-electron chi connectivity index (χ0n) is 10.4. The Morgan fingerprint density at radius 1 is 1.47 bits per heavy atom. The molecule has 2 aromatic heterocycles. The van der Waals surface area contributed by atoms with Crippen molar-refractivity contribution in [3.05, 3.63) is 35.9 Å². The highest BCUT2D eigenvalue weighted by molar-refractivity contribution is 6.07. The molecule has 1 aliphatic rings. The maximum Gasteiger partial charge on any atom is 0.216 e. The number of carbonyl (C=O) groups is 1. The summed E-state index contributed by atoms with van der Waals surface area (Å²) in [4.78, 5) is 16.2. The molecule has 0 atom stereocenters. The summed E-state index contributed by atoms with van der Waals surface area (Å²) in [6.45, 7) is 1.72. The largest absolute Gasteiger partial charge is 0.495 e. The fraction of sp³-hybridized carbons (Fsp3) is 0.333. The molecule has 0 unspecified atom stereocenters. The Morgan fingerprint density at radius 2 is 2.32 bits per heavy atom. The second kappa shape index (κ2) is 4.77. The third-order valence-electron chi connectivity index (χ3n) is 3.09. The minimum atomic E-state index is -0.204. The number of aromatic nitrogens is 4.